The number of rotatable bonds is 2. The third kappa shape index (κ3) is 6.86. The number of carbonyl (C=O) groups is 1. The summed E-state index contributed by atoms with van der Waals surface area (Å²) in [6.45, 7) is 10.7. The van der Waals surface area contributed by atoms with Crippen LogP contribution in [0.25, 0.3) is 17.2 Å². The van der Waals surface area contributed by atoms with E-state index in [9.17, 15) is 14.3 Å². The van der Waals surface area contributed by atoms with Gasteiger partial charge in [-0.2, -0.15) is 0 Å². The fourth-order valence-electron chi connectivity index (χ4n) is 5.96. The first-order valence-electron chi connectivity index (χ1n) is 15.5. The van der Waals surface area contributed by atoms with Gasteiger partial charge >= 0.3 is 5.97 Å². The number of anilines is 1. The number of aryl methyl sites for hydroxylation is 1. The zero-order chi connectivity index (χ0) is 31.4. The molecule has 6 heterocycles. The second kappa shape index (κ2) is 13.6. The highest BCUT2D eigenvalue weighted by molar-refractivity contribution is 6.30. The van der Waals surface area contributed by atoms with Crippen molar-refractivity contribution in [1.82, 2.24) is 19.4 Å². The van der Waals surface area contributed by atoms with Gasteiger partial charge in [0.15, 0.2) is 11.0 Å². The van der Waals surface area contributed by atoms with E-state index in [4.69, 9.17) is 26.1 Å². The van der Waals surface area contributed by atoms with E-state index in [1.165, 1.54) is 12.1 Å². The van der Waals surface area contributed by atoms with E-state index < -0.39 is 5.97 Å². The van der Waals surface area contributed by atoms with Gasteiger partial charge in [-0.15, -0.1) is 0 Å². The molecule has 3 aliphatic heterocycles. The smallest absolute Gasteiger partial charge is 0.307 e. The molecule has 0 atom stereocenters. The molecule has 9 nitrogen and oxygen atoms in total. The molecule has 0 aliphatic carbocycles. The van der Waals surface area contributed by atoms with E-state index in [2.05, 4.69) is 21.8 Å². The van der Waals surface area contributed by atoms with Crippen LogP contribution < -0.4 is 9.64 Å². The third-order valence-electron chi connectivity index (χ3n) is 8.36. The summed E-state index contributed by atoms with van der Waals surface area (Å²) in [4.78, 5) is 26.8. The van der Waals surface area contributed by atoms with Gasteiger partial charge in [-0.05, 0) is 75.8 Å². The van der Waals surface area contributed by atoms with Crippen LogP contribution in [0.3, 0.4) is 0 Å². The highest BCUT2D eigenvalue weighted by Gasteiger charge is 2.33. The van der Waals surface area contributed by atoms with E-state index in [0.717, 1.165) is 62.1 Å². The van der Waals surface area contributed by atoms with Gasteiger partial charge in [-0.1, -0.05) is 25.4 Å². The van der Waals surface area contributed by atoms with Crippen molar-refractivity contribution < 1.29 is 23.8 Å². The molecule has 0 spiro atoms. The Kier molecular flexibility index (Phi) is 9.80. The lowest BCUT2D eigenvalue weighted by Crippen LogP contribution is -2.45. The molecule has 0 saturated carbocycles. The summed E-state index contributed by atoms with van der Waals surface area (Å²) in [5.74, 6) is 0.687. The molecule has 1 fully saturated rings. The van der Waals surface area contributed by atoms with Crippen molar-refractivity contribution in [3.05, 3.63) is 63.8 Å². The number of piperidine rings is 1. The SMILES string of the molecule is CC.Cc1cc2nc3cn2c(c1CC(=O)O)N1CCC(C)(CC1)OCCCCCOc1ccc(F)cc1Cc1[nH]c-3nc1Cl. The number of imidazole rings is 2. The number of pyridine rings is 1. The predicted octanol–water partition coefficient (Wildman–Crippen LogP) is 7.01. The summed E-state index contributed by atoms with van der Waals surface area (Å²) >= 11 is 6.58. The standard InChI is InChI=1S/C31H35ClFN5O4.C2H6/c1-19-14-26-34-24-18-38(26)30(22(19)17-27(39)40)37-10-8-31(2,9-11-37)42-13-5-3-4-12-41-25-7-6-21(33)15-20(25)16-23-28(32)36-29(24)35-23;1-2/h6-7,14-15,18H,3-5,8-13,16-17H2,1-2H3,(H,35,36)(H,39,40);1-2H3. The first-order valence-corrected chi connectivity index (χ1v) is 15.9. The minimum atomic E-state index is -0.885. The summed E-state index contributed by atoms with van der Waals surface area (Å²) in [7, 11) is 0. The third-order valence-corrected chi connectivity index (χ3v) is 8.67. The Labute approximate surface area is 262 Å². The maximum atomic E-state index is 14.2. The van der Waals surface area contributed by atoms with Crippen LogP contribution in [0, 0.1) is 12.7 Å². The average Bonchev–Trinajstić information content (AvgIpc) is 3.58. The zero-order valence-corrected chi connectivity index (χ0v) is 26.6. The molecule has 11 heteroatoms. The van der Waals surface area contributed by atoms with Crippen LogP contribution >= 0.6 is 11.6 Å². The Bertz CT molecular complexity index is 1630. The number of ether oxygens (including phenoxy) is 2. The summed E-state index contributed by atoms with van der Waals surface area (Å²) in [5, 5.41) is 10.0. The topological polar surface area (TPSA) is 105 Å². The lowest BCUT2D eigenvalue weighted by molar-refractivity contribution is -0.136. The summed E-state index contributed by atoms with van der Waals surface area (Å²) in [6.07, 6.45) is 6.47. The summed E-state index contributed by atoms with van der Waals surface area (Å²) < 4.78 is 28.6. The molecular formula is C33H41ClFN5O4. The number of H-pyrrole nitrogens is 1. The number of hydrogen-bond donors (Lipinski definition) is 2. The minimum Gasteiger partial charge on any atom is -0.493 e. The number of aromatic nitrogens is 4. The molecule has 3 aliphatic rings. The number of carboxylic acid groups (broad SMARTS) is 1. The minimum absolute atomic E-state index is 0.0936. The Hall–Kier alpha value is -3.63. The van der Waals surface area contributed by atoms with Crippen LogP contribution in [0.15, 0.2) is 30.5 Å². The van der Waals surface area contributed by atoms with Crippen molar-refractivity contribution in [2.45, 2.75) is 78.2 Å². The van der Waals surface area contributed by atoms with Crippen molar-refractivity contribution in [2.75, 3.05) is 31.2 Å². The molecule has 1 aromatic carbocycles. The van der Waals surface area contributed by atoms with E-state index in [1.54, 1.807) is 6.07 Å². The zero-order valence-electron chi connectivity index (χ0n) is 25.9. The lowest BCUT2D eigenvalue weighted by Gasteiger charge is -2.41. The van der Waals surface area contributed by atoms with Crippen LogP contribution in [0.1, 0.15) is 75.3 Å². The van der Waals surface area contributed by atoms with E-state index in [1.807, 2.05) is 37.4 Å². The molecule has 0 unspecified atom stereocenters. The average molecular weight is 626 g/mol. The quantitative estimate of drug-likeness (QED) is 0.247. The van der Waals surface area contributed by atoms with Gasteiger partial charge in [0.2, 0.25) is 0 Å². The molecule has 44 heavy (non-hydrogen) atoms. The van der Waals surface area contributed by atoms with Crippen LogP contribution in [-0.2, 0) is 22.4 Å². The van der Waals surface area contributed by atoms with Crippen LogP contribution in [0.5, 0.6) is 5.75 Å². The number of nitrogens with zero attached hydrogens (tertiary/aromatic N) is 4. The van der Waals surface area contributed by atoms with Gasteiger partial charge in [0.25, 0.3) is 0 Å². The number of aromatic amines is 1. The van der Waals surface area contributed by atoms with Gasteiger partial charge < -0.3 is 24.5 Å². The van der Waals surface area contributed by atoms with Crippen molar-refractivity contribution in [3.8, 4) is 17.3 Å². The highest BCUT2D eigenvalue weighted by Crippen LogP contribution is 2.35. The number of nitrogens with one attached hydrogen (secondary N) is 1. The Morgan fingerprint density at radius 3 is 2.64 bits per heavy atom. The first kappa shape index (κ1) is 31.8. The van der Waals surface area contributed by atoms with Crippen molar-refractivity contribution >= 4 is 29.0 Å². The molecule has 6 bridgehead atoms. The van der Waals surface area contributed by atoms with Gasteiger partial charge in [0, 0.05) is 43.4 Å². The van der Waals surface area contributed by atoms with Gasteiger partial charge in [-0.25, -0.2) is 14.4 Å². The van der Waals surface area contributed by atoms with Crippen molar-refractivity contribution in [1.29, 1.82) is 0 Å². The molecule has 2 N–H and O–H groups in total. The first-order chi connectivity index (χ1) is 21.2. The predicted molar refractivity (Wildman–Crippen MR) is 170 cm³/mol. The molecule has 0 amide bonds. The number of benzene rings is 1. The fraction of sp³-hybridized carbons (Fsp3) is 0.485. The van der Waals surface area contributed by atoms with Crippen molar-refractivity contribution in [2.24, 2.45) is 0 Å². The van der Waals surface area contributed by atoms with Crippen LogP contribution in [0.4, 0.5) is 10.2 Å². The molecule has 1 saturated heterocycles. The fourth-order valence-corrected chi connectivity index (χ4v) is 6.16. The number of aliphatic carboxylic acids is 1. The summed E-state index contributed by atoms with van der Waals surface area (Å²) in [5.41, 5.74) is 3.94. The second-order valence-electron chi connectivity index (χ2n) is 11.5. The van der Waals surface area contributed by atoms with Crippen LogP contribution in [-0.4, -0.2) is 62.3 Å². The number of carboxylic acids is 1. The molecule has 3 aromatic heterocycles. The molecule has 4 aromatic rings. The lowest BCUT2D eigenvalue weighted by atomic mass is 9.92. The Morgan fingerprint density at radius 2 is 1.89 bits per heavy atom. The Balaban J connectivity index is 0.00000188. The van der Waals surface area contributed by atoms with Crippen LogP contribution in [0.2, 0.25) is 5.15 Å². The Morgan fingerprint density at radius 1 is 1.14 bits per heavy atom. The normalized spacial score (nSPS) is 16.9. The van der Waals surface area contributed by atoms with E-state index in [-0.39, 0.29) is 23.0 Å². The second-order valence-corrected chi connectivity index (χ2v) is 11.9. The van der Waals surface area contributed by atoms with Crippen molar-refractivity contribution in [3.63, 3.8) is 0 Å². The highest BCUT2D eigenvalue weighted by atomic mass is 35.5. The number of fused-ring (bicyclic) bond motifs is 8. The maximum absolute atomic E-state index is 14.2. The summed E-state index contributed by atoms with van der Waals surface area (Å²) in [6, 6.07) is 6.42. The van der Waals surface area contributed by atoms with Gasteiger partial charge in [0.05, 0.1) is 24.3 Å². The number of hydrogen-bond acceptors (Lipinski definition) is 6. The molecular weight excluding hydrogens is 585 g/mol. The molecule has 236 valence electrons. The number of halogens is 2. The molecule has 0 radical (unpaired) electrons. The maximum Gasteiger partial charge on any atom is 0.307 e. The van der Waals surface area contributed by atoms with Gasteiger partial charge in [0.1, 0.15) is 28.7 Å². The monoisotopic (exact) mass is 625 g/mol. The van der Waals surface area contributed by atoms with E-state index >= 15 is 0 Å². The molecule has 7 rings (SSSR count). The van der Waals surface area contributed by atoms with E-state index in [0.29, 0.717) is 53.8 Å². The van der Waals surface area contributed by atoms with Gasteiger partial charge in [-0.3, -0.25) is 9.20 Å². The largest absolute Gasteiger partial charge is 0.493 e.